The van der Waals surface area contributed by atoms with Gasteiger partial charge in [0.1, 0.15) is 12.4 Å². The number of hydrogen-bond donors (Lipinski definition) is 1. The minimum Gasteiger partial charge on any atom is -0.489 e. The number of fused-ring (bicyclic) bond motifs is 2. The molecule has 0 radical (unpaired) electrons. The molecule has 2 heterocycles. The van der Waals surface area contributed by atoms with Crippen molar-refractivity contribution in [1.82, 2.24) is 0 Å². The summed E-state index contributed by atoms with van der Waals surface area (Å²) in [5, 5.41) is 8.31. The number of hydrogen-bond acceptors (Lipinski definition) is 3. The van der Waals surface area contributed by atoms with E-state index in [0.29, 0.717) is 12.5 Å². The second kappa shape index (κ2) is 4.44. The Bertz CT molecular complexity index is 272. The van der Waals surface area contributed by atoms with Gasteiger partial charge in [0.25, 0.3) is 0 Å². The van der Waals surface area contributed by atoms with Crippen LogP contribution < -0.4 is 4.74 Å². The van der Waals surface area contributed by atoms with Gasteiger partial charge in [-0.05, 0) is 17.7 Å². The van der Waals surface area contributed by atoms with E-state index in [4.69, 9.17) is 14.6 Å². The Morgan fingerprint density at radius 3 is 2.64 bits per heavy atom. The highest BCUT2D eigenvalue weighted by Gasteiger charge is 2.15. The van der Waals surface area contributed by atoms with Crippen molar-refractivity contribution in [3.63, 3.8) is 0 Å². The predicted octanol–water partition coefficient (Wildman–Crippen LogP) is 1.20. The number of rotatable bonds is 1. The maximum atomic E-state index is 8.31. The first kappa shape index (κ1) is 9.49. The highest BCUT2D eigenvalue weighted by Crippen LogP contribution is 2.20. The number of ether oxygens (including phenoxy) is 2. The minimum atomic E-state index is 0.292. The van der Waals surface area contributed by atoms with Gasteiger partial charge >= 0.3 is 0 Å². The Morgan fingerprint density at radius 2 is 2.21 bits per heavy atom. The summed E-state index contributed by atoms with van der Waals surface area (Å²) in [7, 11) is 0. The molecule has 0 unspecified atom stereocenters. The molecular formula is C11H14O3. The zero-order valence-corrected chi connectivity index (χ0v) is 7.98. The molecule has 0 spiro atoms. The van der Waals surface area contributed by atoms with Crippen LogP contribution in [0.5, 0.6) is 5.75 Å². The van der Waals surface area contributed by atoms with Crippen LogP contribution in [-0.2, 0) is 11.3 Å². The van der Waals surface area contributed by atoms with Crippen LogP contribution in [-0.4, -0.2) is 24.9 Å². The minimum absolute atomic E-state index is 0.292. The van der Waals surface area contributed by atoms with Crippen molar-refractivity contribution in [1.29, 1.82) is 0 Å². The van der Waals surface area contributed by atoms with Crippen LogP contribution in [0, 0.1) is 5.92 Å². The molecule has 1 saturated heterocycles. The lowest BCUT2D eigenvalue weighted by Crippen LogP contribution is -2.30. The summed E-state index contributed by atoms with van der Waals surface area (Å²) in [4.78, 5) is 0. The van der Waals surface area contributed by atoms with Crippen molar-refractivity contribution < 1.29 is 14.6 Å². The molecule has 2 aliphatic rings. The van der Waals surface area contributed by atoms with Gasteiger partial charge in [0, 0.05) is 5.92 Å². The molecule has 1 fully saturated rings. The van der Waals surface area contributed by atoms with E-state index in [0.717, 1.165) is 25.6 Å². The first-order valence-corrected chi connectivity index (χ1v) is 4.79. The fourth-order valence-electron chi connectivity index (χ4n) is 1.28. The van der Waals surface area contributed by atoms with Gasteiger partial charge in [-0.3, -0.25) is 0 Å². The molecule has 0 aliphatic carbocycles. The van der Waals surface area contributed by atoms with Gasteiger partial charge in [0.15, 0.2) is 0 Å². The Hall–Kier alpha value is -1.06. The van der Waals surface area contributed by atoms with Crippen LogP contribution in [0.3, 0.4) is 0 Å². The van der Waals surface area contributed by atoms with Crippen molar-refractivity contribution in [3.8, 4) is 5.75 Å². The van der Waals surface area contributed by atoms with E-state index in [1.54, 1.807) is 0 Å². The summed E-state index contributed by atoms with van der Waals surface area (Å²) in [5.41, 5.74) is 1.28. The van der Waals surface area contributed by atoms with E-state index in [9.17, 15) is 0 Å². The van der Waals surface area contributed by atoms with Crippen LogP contribution in [0.1, 0.15) is 5.56 Å². The van der Waals surface area contributed by atoms with Crippen LogP contribution >= 0.6 is 0 Å². The van der Waals surface area contributed by atoms with Crippen molar-refractivity contribution in [2.24, 2.45) is 5.92 Å². The largest absolute Gasteiger partial charge is 0.489 e. The van der Waals surface area contributed by atoms with Gasteiger partial charge in [-0.2, -0.15) is 0 Å². The Kier molecular flexibility index (Phi) is 3.01. The maximum absolute atomic E-state index is 8.31. The summed E-state index contributed by atoms with van der Waals surface area (Å²) in [5.74, 6) is 1.45. The monoisotopic (exact) mass is 194 g/mol. The van der Waals surface area contributed by atoms with E-state index < -0.39 is 0 Å². The number of aliphatic hydroxyl groups excluding tert-OH is 1. The van der Waals surface area contributed by atoms with E-state index in [-0.39, 0.29) is 0 Å². The highest BCUT2D eigenvalue weighted by atomic mass is 16.5. The summed E-state index contributed by atoms with van der Waals surface area (Å²) < 4.78 is 9.95. The van der Waals surface area contributed by atoms with E-state index >= 15 is 0 Å². The first-order valence-electron chi connectivity index (χ1n) is 4.79. The molecule has 0 atom stereocenters. The van der Waals surface area contributed by atoms with Gasteiger partial charge in [-0.15, -0.1) is 0 Å². The standard InChI is InChI=1S/C7H6O.C4H8O2/c1-2-6-4-7(3-1)8-5-6;5-1-4-2-6-3-4/h1-4H,5H2;4-5H,1-3H2. The molecule has 3 rings (SSSR count). The molecule has 0 aromatic heterocycles. The normalized spacial score (nSPS) is 17.8. The van der Waals surface area contributed by atoms with Crippen LogP contribution in [0.15, 0.2) is 24.3 Å². The smallest absolute Gasteiger partial charge is 0.120 e. The third kappa shape index (κ3) is 2.25. The van der Waals surface area contributed by atoms with E-state index in [2.05, 4.69) is 12.1 Å². The molecular weight excluding hydrogens is 180 g/mol. The van der Waals surface area contributed by atoms with E-state index in [1.807, 2.05) is 12.1 Å². The van der Waals surface area contributed by atoms with Gasteiger partial charge in [0.2, 0.25) is 0 Å². The van der Waals surface area contributed by atoms with Crippen molar-refractivity contribution >= 4 is 0 Å². The lowest BCUT2D eigenvalue weighted by atomic mass is 10.1. The summed E-state index contributed by atoms with van der Waals surface area (Å²) in [6, 6.07) is 8.10. The topological polar surface area (TPSA) is 38.7 Å². The summed E-state index contributed by atoms with van der Waals surface area (Å²) >= 11 is 0. The third-order valence-corrected chi connectivity index (χ3v) is 2.27. The van der Waals surface area contributed by atoms with Gasteiger partial charge in [-0.25, -0.2) is 0 Å². The number of aliphatic hydroxyl groups is 1. The van der Waals surface area contributed by atoms with Crippen LogP contribution in [0.2, 0.25) is 0 Å². The summed E-state index contributed by atoms with van der Waals surface area (Å²) in [6.45, 7) is 2.58. The fourth-order valence-corrected chi connectivity index (χ4v) is 1.28. The summed E-state index contributed by atoms with van der Waals surface area (Å²) in [6.07, 6.45) is 0. The van der Waals surface area contributed by atoms with Crippen LogP contribution in [0.25, 0.3) is 0 Å². The predicted molar refractivity (Wildman–Crippen MR) is 52.2 cm³/mol. The maximum Gasteiger partial charge on any atom is 0.120 e. The molecule has 1 aromatic carbocycles. The second-order valence-electron chi connectivity index (χ2n) is 3.52. The average Bonchev–Trinajstić information content (AvgIpc) is 2.45. The lowest BCUT2D eigenvalue weighted by Gasteiger charge is -2.22. The average molecular weight is 194 g/mol. The van der Waals surface area contributed by atoms with Crippen molar-refractivity contribution in [2.45, 2.75) is 6.61 Å². The second-order valence-corrected chi connectivity index (χ2v) is 3.52. The van der Waals surface area contributed by atoms with Crippen molar-refractivity contribution in [3.05, 3.63) is 29.8 Å². The quantitative estimate of drug-likeness (QED) is 0.730. The van der Waals surface area contributed by atoms with E-state index in [1.165, 1.54) is 5.56 Å². The molecule has 76 valence electrons. The molecule has 1 N–H and O–H groups in total. The zero-order chi connectivity index (χ0) is 9.80. The molecule has 2 aliphatic heterocycles. The van der Waals surface area contributed by atoms with Crippen molar-refractivity contribution in [2.75, 3.05) is 19.8 Å². The van der Waals surface area contributed by atoms with Gasteiger partial charge in [-0.1, -0.05) is 12.1 Å². The molecule has 3 heteroatoms. The lowest BCUT2D eigenvalue weighted by molar-refractivity contribution is -0.0554. The molecule has 14 heavy (non-hydrogen) atoms. The SMILES string of the molecule is OCC1COC1.c1cc2cc(c1)OC2. The molecule has 1 aromatic rings. The van der Waals surface area contributed by atoms with Gasteiger partial charge < -0.3 is 14.6 Å². The molecule has 3 nitrogen and oxygen atoms in total. The number of benzene rings is 1. The Labute approximate surface area is 83.3 Å². The van der Waals surface area contributed by atoms with Crippen LogP contribution in [0.4, 0.5) is 0 Å². The first-order chi connectivity index (χ1) is 6.88. The molecule has 0 amide bonds. The fraction of sp³-hybridized carbons (Fsp3) is 0.455. The zero-order valence-electron chi connectivity index (χ0n) is 7.98. The third-order valence-electron chi connectivity index (χ3n) is 2.27. The Balaban J connectivity index is 0.000000112. The molecule has 0 saturated carbocycles. The molecule has 2 bridgehead atoms. The van der Waals surface area contributed by atoms with Gasteiger partial charge in [0.05, 0.1) is 19.8 Å². The Morgan fingerprint density at radius 1 is 1.36 bits per heavy atom. The highest BCUT2D eigenvalue weighted by molar-refractivity contribution is 5.32.